The number of alkyl halides is 1. The summed E-state index contributed by atoms with van der Waals surface area (Å²) in [5.41, 5.74) is 1.73. The number of fused-ring (bicyclic) bond motifs is 1. The molecule has 1 aromatic carbocycles. The van der Waals surface area contributed by atoms with Gasteiger partial charge in [-0.15, -0.1) is 0 Å². The lowest BCUT2D eigenvalue weighted by Gasteiger charge is -2.42. The van der Waals surface area contributed by atoms with E-state index >= 15 is 0 Å². The van der Waals surface area contributed by atoms with Gasteiger partial charge in [0.15, 0.2) is 17.7 Å². The molecular weight excluding hydrogens is 1130 g/mol. The number of ether oxygens (including phenoxy) is 2. The summed E-state index contributed by atoms with van der Waals surface area (Å²) < 4.78 is 10.7. The topological polar surface area (TPSA) is 358 Å². The van der Waals surface area contributed by atoms with Crippen LogP contribution in [0.4, 0.5) is 16.3 Å². The minimum Gasteiger partial charge on any atom is -0.445 e. The number of hydrogen-bond acceptors (Lipinski definition) is 17. The van der Waals surface area contributed by atoms with Crippen LogP contribution in [0.1, 0.15) is 130 Å². The Morgan fingerprint density at radius 1 is 0.897 bits per heavy atom. The molecule has 2 fully saturated rings. The Morgan fingerprint density at radius 3 is 2.27 bits per heavy atom. The third-order valence-corrected chi connectivity index (χ3v) is 16.0. The molecule has 2 saturated heterocycles. The molecule has 2 aliphatic heterocycles. The van der Waals surface area contributed by atoms with Crippen LogP contribution >= 0.6 is 22.6 Å². The number of nitrogens with zero attached hydrogens (tertiary/aromatic N) is 4. The van der Waals surface area contributed by atoms with Crippen molar-refractivity contribution in [2.75, 3.05) is 36.9 Å². The van der Waals surface area contributed by atoms with Gasteiger partial charge in [0.1, 0.15) is 61.2 Å². The molecule has 2 aromatic heterocycles. The number of aliphatic hydroxyl groups is 3. The molecule has 10 atom stereocenters. The number of amides is 8. The molecular formula is C52H77IN12O13. The largest absolute Gasteiger partial charge is 0.445 e. The van der Waals surface area contributed by atoms with Crippen molar-refractivity contribution >= 4 is 92.7 Å². The van der Waals surface area contributed by atoms with Gasteiger partial charge >= 0.3 is 6.09 Å². The van der Waals surface area contributed by atoms with Crippen molar-refractivity contribution in [1.82, 2.24) is 51.4 Å². The van der Waals surface area contributed by atoms with E-state index in [1.807, 2.05) is 13.8 Å². The quantitative estimate of drug-likeness (QED) is 0.0206. The van der Waals surface area contributed by atoms with Crippen molar-refractivity contribution in [1.29, 1.82) is 0 Å². The smallest absolute Gasteiger partial charge is 0.407 e. The van der Waals surface area contributed by atoms with Gasteiger partial charge in [0.05, 0.1) is 25.1 Å². The third-order valence-electron chi connectivity index (χ3n) is 14.0. The summed E-state index contributed by atoms with van der Waals surface area (Å²) in [5.74, 6) is -3.55. The number of benzene rings is 1. The second-order valence-corrected chi connectivity index (χ2v) is 22.4. The van der Waals surface area contributed by atoms with Crippen molar-refractivity contribution in [2.45, 2.75) is 171 Å². The molecule has 78 heavy (non-hydrogen) atoms. The van der Waals surface area contributed by atoms with Gasteiger partial charge in [-0.2, -0.15) is 0 Å². The van der Waals surface area contributed by atoms with E-state index in [1.54, 1.807) is 38.1 Å². The highest BCUT2D eigenvalue weighted by Crippen LogP contribution is 2.43. The lowest BCUT2D eigenvalue weighted by atomic mass is 9.84. The van der Waals surface area contributed by atoms with Crippen LogP contribution in [0, 0.1) is 11.8 Å². The summed E-state index contributed by atoms with van der Waals surface area (Å²) in [7, 11) is 0. The summed E-state index contributed by atoms with van der Waals surface area (Å²) in [4.78, 5) is 121. The number of H-pyrrole nitrogens is 1. The Kier molecular flexibility index (Phi) is 23.9. The maximum absolute atomic E-state index is 13.4. The van der Waals surface area contributed by atoms with E-state index < -0.39 is 104 Å². The number of halogens is 1. The standard InChI is InChI=1S/C52H77IN12O13/c1-8-11-13-20-52(53,10-3)33-22-38(70)65(50(33)75)21-19-35(67)60-39(28(4)5)48(74)58-30(7)47(73)59-32-17-15-31(16-18-32)26-77-51(76)55-23-36(68)54-24-37(69)61-40-34(25-66)78-49(43(72)42(40)71)64-46-41-45(56-27-57-46)63-44(62-41)29(6)14-12-9-2/h15-18,27-30,33-34,39-40,42-43,49,66,71-72H,8-14,19-26H2,1-7H3,(H,54,68)(H,55,76)(H,58,74)(H,59,73)(H,60,67)(H,61,69)(H2,56,57,62,63,64)/t29?,30-,33?,34-,39-,40-,42+,43-,49-,52?/m0/s1. The molecule has 5 rings (SSSR count). The van der Waals surface area contributed by atoms with Crippen LogP contribution in [-0.4, -0.2) is 160 Å². The number of imide groups is 1. The Bertz CT molecular complexity index is 2550. The van der Waals surface area contributed by atoms with Gasteiger partial charge in [0.25, 0.3) is 0 Å². The minimum absolute atomic E-state index is 0.101. The van der Waals surface area contributed by atoms with E-state index in [4.69, 9.17) is 9.47 Å². The van der Waals surface area contributed by atoms with E-state index in [1.165, 1.54) is 13.3 Å². The summed E-state index contributed by atoms with van der Waals surface area (Å²) in [6.07, 6.45) is 2.14. The zero-order chi connectivity index (χ0) is 57.3. The molecule has 2 aliphatic rings. The predicted molar refractivity (Wildman–Crippen MR) is 294 cm³/mol. The molecule has 8 amide bonds. The number of likely N-dealkylation sites (tertiary alicyclic amines) is 1. The number of hydrogen-bond donors (Lipinski definition) is 11. The molecule has 430 valence electrons. The first kappa shape index (κ1) is 62.7. The molecule has 25 nitrogen and oxygen atoms in total. The average molecular weight is 1210 g/mol. The maximum atomic E-state index is 13.4. The van der Waals surface area contributed by atoms with Gasteiger partial charge in [-0.1, -0.05) is 108 Å². The Hall–Kier alpha value is -6.10. The molecule has 4 heterocycles. The number of unbranched alkanes of at least 4 members (excludes halogenated alkanes) is 3. The molecule has 3 aromatic rings. The summed E-state index contributed by atoms with van der Waals surface area (Å²) in [5, 5.41) is 50.2. The zero-order valence-corrected chi connectivity index (χ0v) is 47.5. The number of alkyl carbamates (subject to hydrolysis) is 1. The van der Waals surface area contributed by atoms with Crippen LogP contribution in [0.25, 0.3) is 11.2 Å². The summed E-state index contributed by atoms with van der Waals surface area (Å²) in [6.45, 7) is 11.1. The molecule has 0 bridgehead atoms. The Morgan fingerprint density at radius 2 is 1.60 bits per heavy atom. The number of aliphatic hydroxyl groups excluding tert-OH is 3. The van der Waals surface area contributed by atoms with E-state index in [-0.39, 0.29) is 58.9 Å². The van der Waals surface area contributed by atoms with Gasteiger partial charge in [0.2, 0.25) is 41.4 Å². The summed E-state index contributed by atoms with van der Waals surface area (Å²) >= 11 is 2.33. The molecule has 3 unspecified atom stereocenters. The molecule has 26 heteroatoms. The predicted octanol–water partition coefficient (Wildman–Crippen LogP) is 2.54. The highest BCUT2D eigenvalue weighted by Gasteiger charge is 2.49. The molecule has 0 spiro atoms. The first-order valence-electron chi connectivity index (χ1n) is 26.7. The Labute approximate surface area is 467 Å². The average Bonchev–Trinajstić information content (AvgIpc) is 4.06. The van der Waals surface area contributed by atoms with Crippen LogP contribution < -0.4 is 37.2 Å². The summed E-state index contributed by atoms with van der Waals surface area (Å²) in [6, 6.07) is 2.93. The molecule has 11 N–H and O–H groups in total. The monoisotopic (exact) mass is 1200 g/mol. The molecule has 0 aliphatic carbocycles. The highest BCUT2D eigenvalue weighted by molar-refractivity contribution is 14.1. The van der Waals surface area contributed by atoms with Crippen molar-refractivity contribution < 1.29 is 63.1 Å². The van der Waals surface area contributed by atoms with Crippen LogP contribution in [0.15, 0.2) is 30.6 Å². The molecule has 0 radical (unpaired) electrons. The van der Waals surface area contributed by atoms with E-state index in [0.717, 1.165) is 56.3 Å². The highest BCUT2D eigenvalue weighted by atomic mass is 127. The van der Waals surface area contributed by atoms with Crippen LogP contribution in [0.3, 0.4) is 0 Å². The maximum Gasteiger partial charge on any atom is 0.407 e. The fraction of sp³-hybridized carbons (Fsp3) is 0.635. The van der Waals surface area contributed by atoms with Crippen molar-refractivity contribution in [3.63, 3.8) is 0 Å². The number of carbonyl (C=O) groups excluding carboxylic acids is 8. The van der Waals surface area contributed by atoms with Gasteiger partial charge in [-0.05, 0) is 49.8 Å². The minimum atomic E-state index is -1.63. The second-order valence-electron chi connectivity index (χ2n) is 20.2. The normalized spacial score (nSPS) is 21.3. The van der Waals surface area contributed by atoms with Crippen molar-refractivity contribution in [3.8, 4) is 0 Å². The lowest BCUT2D eigenvalue weighted by Crippen LogP contribution is -2.66. The third kappa shape index (κ3) is 17.2. The number of rotatable bonds is 29. The van der Waals surface area contributed by atoms with Gasteiger partial charge in [-0.3, -0.25) is 38.5 Å². The first-order chi connectivity index (χ1) is 37.1. The Balaban J connectivity index is 0.987. The lowest BCUT2D eigenvalue weighted by molar-refractivity contribution is -0.185. The second kappa shape index (κ2) is 29.8. The number of imidazole rings is 1. The van der Waals surface area contributed by atoms with Gasteiger partial charge in [0, 0.05) is 34.4 Å². The van der Waals surface area contributed by atoms with E-state index in [9.17, 15) is 53.7 Å². The fourth-order valence-corrected chi connectivity index (χ4v) is 9.97. The van der Waals surface area contributed by atoms with E-state index in [2.05, 4.69) is 93.6 Å². The number of nitrogens with one attached hydrogen (secondary N) is 8. The van der Waals surface area contributed by atoms with Gasteiger partial charge < -0.3 is 67.0 Å². The number of aromatic nitrogens is 4. The number of aromatic amines is 1. The zero-order valence-electron chi connectivity index (χ0n) is 45.4. The molecule has 0 saturated carbocycles. The first-order valence-corrected chi connectivity index (χ1v) is 27.8. The van der Waals surface area contributed by atoms with Gasteiger partial charge in [-0.25, -0.2) is 19.7 Å². The van der Waals surface area contributed by atoms with Crippen molar-refractivity contribution in [2.24, 2.45) is 11.8 Å². The van der Waals surface area contributed by atoms with Crippen LogP contribution in [0.5, 0.6) is 0 Å². The number of carbonyl (C=O) groups is 8. The van der Waals surface area contributed by atoms with Crippen molar-refractivity contribution in [3.05, 3.63) is 42.0 Å². The van der Waals surface area contributed by atoms with E-state index in [0.29, 0.717) is 28.2 Å². The van der Waals surface area contributed by atoms with Crippen LogP contribution in [-0.2, 0) is 49.6 Å². The van der Waals surface area contributed by atoms with Crippen LogP contribution in [0.2, 0.25) is 0 Å². The number of anilines is 2. The fourth-order valence-electron chi connectivity index (χ4n) is 9.11. The SMILES string of the molecule is CCCCCC(I)(CC)C1CC(=O)N(CCC(=O)N[C@H](C(=O)N[C@@H](C)C(=O)Nc2ccc(COC(=O)NCC(=O)NCC(=O)N[C@@H]3[C@@H](O)[C@H](O)[C@@H](Nc4ncnc5nc(C(C)CCCC)[nH]c45)O[C@H]3CO)cc2)C(C)C)C1=O.